The molecule has 54 heavy (non-hydrogen) atoms. The van der Waals surface area contributed by atoms with Crippen LogP contribution in [-0.4, -0.2) is 74.3 Å². The Morgan fingerprint density at radius 1 is 0.370 bits per heavy atom. The Hall–Kier alpha value is -0.760. The molecular weight excluding hydrogens is 673 g/mol. The van der Waals surface area contributed by atoms with Crippen molar-refractivity contribution in [2.45, 2.75) is 244 Å². The van der Waals surface area contributed by atoms with E-state index in [2.05, 4.69) is 27.0 Å². The van der Waals surface area contributed by atoms with Crippen LogP contribution in [0.1, 0.15) is 219 Å². The molecule has 0 rings (SSSR count). The predicted octanol–water partition coefficient (Wildman–Crippen LogP) is 13.4. The minimum Gasteiger partial charge on any atom is -0.388 e. The number of aliphatic hydroxyl groups is 2. The van der Waals surface area contributed by atoms with E-state index in [9.17, 15) is 10.2 Å². The van der Waals surface area contributed by atoms with Gasteiger partial charge in [0, 0.05) is 13.2 Å². The zero-order valence-electron chi connectivity index (χ0n) is 36.3. The summed E-state index contributed by atoms with van der Waals surface area (Å²) in [5.74, 6) is 0. The van der Waals surface area contributed by atoms with Crippen molar-refractivity contribution < 1.29 is 29.2 Å². The molecule has 4 atom stereocenters. The van der Waals surface area contributed by atoms with Gasteiger partial charge in [0.1, 0.15) is 24.4 Å². The molecule has 0 fully saturated rings. The normalized spacial score (nSPS) is 13.9. The first-order valence-corrected chi connectivity index (χ1v) is 23.6. The van der Waals surface area contributed by atoms with Gasteiger partial charge in [-0.15, -0.1) is 13.2 Å². The zero-order valence-corrected chi connectivity index (χ0v) is 36.3. The van der Waals surface area contributed by atoms with Gasteiger partial charge in [-0.05, 0) is 12.8 Å². The van der Waals surface area contributed by atoms with Crippen LogP contribution in [0.5, 0.6) is 0 Å². The van der Waals surface area contributed by atoms with Gasteiger partial charge in [-0.1, -0.05) is 219 Å². The molecule has 0 saturated heterocycles. The third-order valence-electron chi connectivity index (χ3n) is 10.8. The second kappa shape index (κ2) is 44.9. The lowest BCUT2D eigenvalue weighted by molar-refractivity contribution is -0.157. The van der Waals surface area contributed by atoms with Crippen LogP contribution >= 0.6 is 0 Å². The molecule has 0 aromatic carbocycles. The summed E-state index contributed by atoms with van der Waals surface area (Å²) in [6.45, 7) is 14.2. The van der Waals surface area contributed by atoms with Crippen LogP contribution in [0, 0.1) is 0 Å². The van der Waals surface area contributed by atoms with E-state index >= 15 is 0 Å². The molecular formula is C48H94O6. The molecule has 322 valence electrons. The largest absolute Gasteiger partial charge is 0.388 e. The van der Waals surface area contributed by atoms with Crippen molar-refractivity contribution in [2.24, 2.45) is 0 Å². The van der Waals surface area contributed by atoms with Gasteiger partial charge in [0.05, 0.1) is 26.4 Å². The van der Waals surface area contributed by atoms with Crippen molar-refractivity contribution in [1.82, 2.24) is 0 Å². The van der Waals surface area contributed by atoms with Crippen molar-refractivity contribution >= 4 is 0 Å². The van der Waals surface area contributed by atoms with E-state index < -0.39 is 24.4 Å². The number of aliphatic hydroxyl groups excluding tert-OH is 2. The summed E-state index contributed by atoms with van der Waals surface area (Å²) in [5.41, 5.74) is 0. The molecule has 2 N–H and O–H groups in total. The maximum Gasteiger partial charge on any atom is 0.111 e. The third-order valence-corrected chi connectivity index (χ3v) is 10.8. The Labute approximate surface area is 337 Å². The molecule has 0 saturated carbocycles. The molecule has 0 aromatic heterocycles. The summed E-state index contributed by atoms with van der Waals surface area (Å²) in [5, 5.41) is 22.2. The van der Waals surface area contributed by atoms with Crippen LogP contribution < -0.4 is 0 Å². The van der Waals surface area contributed by atoms with Crippen molar-refractivity contribution in [1.29, 1.82) is 0 Å². The van der Waals surface area contributed by atoms with Crippen LogP contribution in [0.2, 0.25) is 0 Å². The molecule has 0 aliphatic carbocycles. The fourth-order valence-corrected chi connectivity index (χ4v) is 7.22. The first-order chi connectivity index (χ1) is 26.6. The first kappa shape index (κ1) is 53.2. The monoisotopic (exact) mass is 767 g/mol. The van der Waals surface area contributed by atoms with Crippen molar-refractivity contribution in [3.8, 4) is 0 Å². The maximum absolute atomic E-state index is 11.1. The van der Waals surface area contributed by atoms with Gasteiger partial charge in [0.25, 0.3) is 0 Å². The van der Waals surface area contributed by atoms with Crippen molar-refractivity contribution in [2.75, 3.05) is 39.6 Å². The lowest BCUT2D eigenvalue weighted by Crippen LogP contribution is -2.49. The third kappa shape index (κ3) is 36.9. The lowest BCUT2D eigenvalue weighted by Gasteiger charge is -2.31. The minimum atomic E-state index is -1.18. The molecule has 6 nitrogen and oxygen atoms in total. The fraction of sp³-hybridized carbons (Fsp3) is 0.917. The van der Waals surface area contributed by atoms with E-state index in [1.54, 1.807) is 12.2 Å². The molecule has 0 unspecified atom stereocenters. The fourth-order valence-electron chi connectivity index (χ4n) is 7.22. The van der Waals surface area contributed by atoms with E-state index in [-0.39, 0.29) is 26.4 Å². The Kier molecular flexibility index (Phi) is 44.3. The number of unbranched alkanes of at least 4 members (excludes halogenated alkanes) is 30. The topological polar surface area (TPSA) is 77.4 Å². The SMILES string of the molecule is C=CCO[C@H](COCCCCCCCCCCCCCCCCCC)[C@@H](O)[C@H](O)[C@@H](COCCCCCCCCCCCCCCCCCC)OCC=C. The average Bonchev–Trinajstić information content (AvgIpc) is 3.18. The Morgan fingerprint density at radius 3 is 0.815 bits per heavy atom. The van der Waals surface area contributed by atoms with Crippen LogP contribution in [0.3, 0.4) is 0 Å². The second-order valence-corrected chi connectivity index (χ2v) is 16.1. The summed E-state index contributed by atoms with van der Waals surface area (Å²) in [7, 11) is 0. The number of ether oxygens (including phenoxy) is 4. The van der Waals surface area contributed by atoms with E-state index in [0.29, 0.717) is 13.2 Å². The van der Waals surface area contributed by atoms with E-state index in [0.717, 1.165) is 25.7 Å². The molecule has 0 heterocycles. The standard InChI is InChI=1S/C48H94O6/c1-5-9-11-13-15-17-19-21-23-25-27-29-31-33-35-37-41-51-43-45(53-39-7-3)47(49)48(50)46(54-40-8-4)44-52-42-38-36-34-32-30-28-26-24-22-20-18-16-14-12-10-6-2/h7-8,45-50H,3-6,9-44H2,1-2H3/t45-,46-,47-,48-/m1/s1. The molecule has 0 aromatic rings. The number of rotatable bonds is 47. The smallest absolute Gasteiger partial charge is 0.111 e. The number of hydrogen-bond acceptors (Lipinski definition) is 6. The Bertz CT molecular complexity index is 672. The van der Waals surface area contributed by atoms with E-state index in [1.807, 2.05) is 0 Å². The van der Waals surface area contributed by atoms with Gasteiger partial charge >= 0.3 is 0 Å². The average molecular weight is 767 g/mol. The highest BCUT2D eigenvalue weighted by molar-refractivity contribution is 4.85. The van der Waals surface area contributed by atoms with Gasteiger partial charge in [-0.25, -0.2) is 0 Å². The van der Waals surface area contributed by atoms with Crippen molar-refractivity contribution in [3.63, 3.8) is 0 Å². The van der Waals surface area contributed by atoms with E-state index in [1.165, 1.54) is 180 Å². The highest BCUT2D eigenvalue weighted by atomic mass is 16.6. The van der Waals surface area contributed by atoms with Crippen molar-refractivity contribution in [3.05, 3.63) is 25.3 Å². The Balaban J connectivity index is 4.06. The highest BCUT2D eigenvalue weighted by Crippen LogP contribution is 2.17. The van der Waals surface area contributed by atoms with Crippen LogP contribution in [0.15, 0.2) is 25.3 Å². The van der Waals surface area contributed by atoms with E-state index in [4.69, 9.17) is 18.9 Å². The predicted molar refractivity (Wildman–Crippen MR) is 233 cm³/mol. The minimum absolute atomic E-state index is 0.207. The summed E-state index contributed by atoms with van der Waals surface area (Å²) < 4.78 is 23.5. The molecule has 6 heteroatoms. The van der Waals surface area contributed by atoms with Crippen LogP contribution in [0.4, 0.5) is 0 Å². The Morgan fingerprint density at radius 2 is 0.593 bits per heavy atom. The van der Waals surface area contributed by atoms with Gasteiger partial charge in [0.15, 0.2) is 0 Å². The lowest BCUT2D eigenvalue weighted by atomic mass is 10.0. The first-order valence-electron chi connectivity index (χ1n) is 23.6. The molecule has 0 spiro atoms. The summed E-state index contributed by atoms with van der Waals surface area (Å²) >= 11 is 0. The summed E-state index contributed by atoms with van der Waals surface area (Å²) in [6, 6.07) is 0. The quantitative estimate of drug-likeness (QED) is 0.0474. The molecule has 0 amide bonds. The van der Waals surface area contributed by atoms with Gasteiger partial charge in [-0.2, -0.15) is 0 Å². The van der Waals surface area contributed by atoms with Gasteiger partial charge < -0.3 is 29.2 Å². The zero-order chi connectivity index (χ0) is 39.4. The number of hydrogen-bond donors (Lipinski definition) is 2. The van der Waals surface area contributed by atoms with Gasteiger partial charge in [-0.3, -0.25) is 0 Å². The summed E-state index contributed by atoms with van der Waals surface area (Å²) in [4.78, 5) is 0. The molecule has 0 aliphatic rings. The second-order valence-electron chi connectivity index (χ2n) is 16.1. The maximum atomic E-state index is 11.1. The molecule has 0 aliphatic heterocycles. The van der Waals surface area contributed by atoms with Crippen LogP contribution in [-0.2, 0) is 18.9 Å². The van der Waals surface area contributed by atoms with Gasteiger partial charge in [0.2, 0.25) is 0 Å². The van der Waals surface area contributed by atoms with Crippen LogP contribution in [0.25, 0.3) is 0 Å². The summed E-state index contributed by atoms with van der Waals surface area (Å²) in [6.07, 6.45) is 42.3. The molecule has 0 bridgehead atoms. The molecule has 0 radical (unpaired) electrons. The highest BCUT2D eigenvalue weighted by Gasteiger charge is 2.34.